The number of nitrogens with one attached hydrogen (secondary N) is 12. The Morgan fingerprint density at radius 3 is 0.669 bits per heavy atom. The number of ether oxygens (including phenoxy) is 14. The van der Waals surface area contributed by atoms with Crippen molar-refractivity contribution in [2.75, 3.05) is 65.9 Å². The van der Waals surface area contributed by atoms with Gasteiger partial charge in [0.15, 0.2) is 60.4 Å². The maximum Gasteiger partial charge on any atom is 0.217 e. The number of aliphatic hydroxyl groups is 18. The van der Waals surface area contributed by atoms with E-state index in [1.54, 1.807) is 0 Å². The van der Waals surface area contributed by atoms with Crippen LogP contribution in [0.3, 0.4) is 0 Å². The highest BCUT2D eigenvalue weighted by molar-refractivity contribution is 7.80. The van der Waals surface area contributed by atoms with Crippen molar-refractivity contribution in [2.24, 2.45) is 0 Å². The predicted molar refractivity (Wildman–Crippen MR) is 413 cm³/mol. The van der Waals surface area contributed by atoms with Gasteiger partial charge in [-0.25, -0.2) is 0 Å². The molecule has 0 aromatic rings. The Morgan fingerprint density at radius 1 is 0.266 bits per heavy atom. The summed E-state index contributed by atoms with van der Waals surface area (Å²) in [5, 5.41) is 228. The summed E-state index contributed by atoms with van der Waals surface area (Å²) in [6.07, 6.45) is -56.3. The third-order valence-electron chi connectivity index (χ3n) is 21.1. The zero-order valence-electron chi connectivity index (χ0n) is 68.2. The van der Waals surface area contributed by atoms with E-state index in [-0.39, 0.29) is 23.3 Å². The molecule has 0 spiro atoms. The zero-order chi connectivity index (χ0) is 91.7. The highest BCUT2D eigenvalue weighted by Gasteiger charge is 2.60. The highest BCUT2D eigenvalue weighted by atomic mass is 32.1. The van der Waals surface area contributed by atoms with E-state index >= 15 is 0 Å². The molecule has 0 aromatic carbocycles. The minimum absolute atomic E-state index is 0.219. The molecule has 0 unspecified atom stereocenters. The lowest BCUT2D eigenvalue weighted by atomic mass is 9.92. The summed E-state index contributed by atoms with van der Waals surface area (Å²) in [6, 6.07) is -13.7. The first kappa shape index (κ1) is 103. The van der Waals surface area contributed by atoms with Crippen molar-refractivity contribution in [2.45, 2.75) is 300 Å². The van der Waals surface area contributed by atoms with Crippen molar-refractivity contribution in [1.82, 2.24) is 63.8 Å². The molecule has 54 heteroatoms. The molecule has 52 nitrogen and oxygen atoms in total. The number of hydrogen-bond donors (Lipinski definition) is 30. The Bertz CT molecular complexity index is 3350. The van der Waals surface area contributed by atoms with Crippen LogP contribution < -0.4 is 63.8 Å². The molecule has 8 rings (SSSR count). The molecule has 40 atom stereocenters. The van der Waals surface area contributed by atoms with Gasteiger partial charge in [-0.05, 0) is 24.4 Å². The fraction of sp³-hybridized carbons (Fsp3) is 0.829. The van der Waals surface area contributed by atoms with Crippen LogP contribution >= 0.6 is 24.4 Å². The number of carbonyl (C=O) groups is 8. The molecule has 708 valence electrons. The van der Waals surface area contributed by atoms with Crippen LogP contribution in [0.15, 0.2) is 12.2 Å². The summed E-state index contributed by atoms with van der Waals surface area (Å²) < 4.78 is 88.0. The second kappa shape index (κ2) is 47.2. The van der Waals surface area contributed by atoms with Gasteiger partial charge < -0.3 is 222 Å². The summed E-state index contributed by atoms with van der Waals surface area (Å²) in [7, 11) is 0. The molecule has 0 aliphatic carbocycles. The quantitative estimate of drug-likeness (QED) is 0.0210. The molecule has 30 N–H and O–H groups in total. The minimum atomic E-state index is -2.00. The Kier molecular flexibility index (Phi) is 39.2. The van der Waals surface area contributed by atoms with Crippen LogP contribution in [0.1, 0.15) is 55.4 Å². The first-order valence-electron chi connectivity index (χ1n) is 39.4. The molecule has 8 amide bonds. The van der Waals surface area contributed by atoms with E-state index in [0.717, 1.165) is 55.4 Å². The molecule has 8 heterocycles. The van der Waals surface area contributed by atoms with E-state index in [1.165, 1.54) is 12.2 Å². The lowest BCUT2D eigenvalue weighted by Crippen LogP contribution is -2.73. The van der Waals surface area contributed by atoms with Crippen LogP contribution in [0.5, 0.6) is 0 Å². The molecule has 124 heavy (non-hydrogen) atoms. The molecule has 0 aromatic heterocycles. The van der Waals surface area contributed by atoms with Gasteiger partial charge in [-0.2, -0.15) is 0 Å². The number of amides is 8. The normalized spacial score (nSPS) is 41.2. The molecule has 0 saturated carbocycles. The Morgan fingerprint density at radius 2 is 0.460 bits per heavy atom. The van der Waals surface area contributed by atoms with Crippen molar-refractivity contribution >= 4 is 81.9 Å². The van der Waals surface area contributed by atoms with Crippen molar-refractivity contribution in [1.29, 1.82) is 0 Å². The van der Waals surface area contributed by atoms with Gasteiger partial charge in [0.25, 0.3) is 0 Å². The van der Waals surface area contributed by atoms with Crippen molar-refractivity contribution < 1.29 is 197 Å². The largest absolute Gasteiger partial charge is 0.394 e. The van der Waals surface area contributed by atoms with E-state index in [2.05, 4.69) is 63.8 Å². The molecule has 0 radical (unpaired) electrons. The summed E-state index contributed by atoms with van der Waals surface area (Å²) >= 11 is 11.6. The van der Waals surface area contributed by atoms with Crippen molar-refractivity contribution in [3.05, 3.63) is 12.2 Å². The number of thiocarbonyl (C=S) groups is 2. The van der Waals surface area contributed by atoms with Crippen molar-refractivity contribution in [3.63, 3.8) is 0 Å². The van der Waals surface area contributed by atoms with Gasteiger partial charge >= 0.3 is 0 Å². The molecular weight excluding hydrogens is 1710 g/mol. The van der Waals surface area contributed by atoms with Gasteiger partial charge in [0.05, 0.1) is 52.9 Å². The Labute approximate surface area is 718 Å². The number of carbonyl (C=O) groups excluding carboxylic acids is 8. The molecule has 8 saturated heterocycles. The molecular formula is C70H116N12O40S2. The predicted octanol–water partition coefficient (Wildman–Crippen LogP) is -17.8. The average Bonchev–Trinajstić information content (AvgIpc) is 0.760. The van der Waals surface area contributed by atoms with Gasteiger partial charge in [-0.15, -0.1) is 0 Å². The number of hydrogen-bond acceptors (Lipinski definition) is 42. The van der Waals surface area contributed by atoms with E-state index in [1.807, 2.05) is 0 Å². The van der Waals surface area contributed by atoms with Crippen LogP contribution in [0, 0.1) is 0 Å². The topological polar surface area (TPSA) is 774 Å². The first-order chi connectivity index (χ1) is 58.6. The number of aliphatic hydroxyl groups excluding tert-OH is 18. The van der Waals surface area contributed by atoms with Crippen LogP contribution in [0.25, 0.3) is 0 Å². The summed E-state index contributed by atoms with van der Waals surface area (Å²) in [5.41, 5.74) is 0. The van der Waals surface area contributed by atoms with Gasteiger partial charge in [-0.3, -0.25) is 38.4 Å². The standard InChI is InChI=1S/C70H116N12O40S2/c1-21(89)73-37-51(103)45(97)29(13-83)113-63(37)109-19-35-57(119-65-39(75-23(3)91)53(105)47(99)31(15-85)115-65)59(121-67-41(77-25(5)93)55(107)49(101)33(17-87)117-67)43(79-27(7)95)61(111-35)81-69(123)71-11-9-10-12-72-70(124)82-62-44(80-28(8)96)60(122-68-42(78-26(6)94)56(108)50(102)34(18-88)118-68)58(120-66-40(76-24(4)92)54(106)48(100)32(16-86)116-66)36(112-62)20-110-64-38(74-22(2)90)52(104)46(98)30(14-84)114-64/h9-10,29-68,83-88,97-108H,11-20H2,1-8H3,(H,73,89)(H,74,90)(H,75,91)(H,76,92)(H,77,93)(H,78,94)(H,79,95)(H,80,96)(H2,71,81,123)(H2,72,82,124)/b10-9+/t29-,30-,31-,32-,33-,34-,35-,36-,37-,38-,39-,40-,41-,42-,43-,44-,45-,46-,47-,48-,49-,50-,51-,52-,53-,54-,55-,56-,57-,58-,59-,60-,61+,62+,63+,64+,65-,66-,67-,68-/m1/s1. The second-order valence-corrected chi connectivity index (χ2v) is 31.3. The van der Waals surface area contributed by atoms with Gasteiger partial charge in [-0.1, -0.05) is 12.2 Å². The molecule has 8 aliphatic rings. The third kappa shape index (κ3) is 26.2. The SMILES string of the molecule is CC(=O)N[C@@H]1[C@@H](O[C@H]2O[C@H](CO)[C@@H](O)[C@H](O)[C@H]2NC(C)=O)[C@H](O[C@H]2O[C@H](CO)[C@@H](O)[C@H](O)[C@H]2NC(C)=O)[C@@H](CO[C@H]2O[C@H](CO)[C@@H](O)[C@H](O)[C@H]2NC(C)=O)O[C@@H]1NC(=S)NC/C=C/CNC(=S)N[C@H]1O[C@H](CO[C@H]2O[C@H](CO)[C@@H](O)[C@H](O)[C@H]2NC(C)=O)[C@@H](O[C@H]2O[C@H](CO)[C@@H](O)[C@H](O)[C@H]2NC(C)=O)[C@H](O[C@H]2O[C@H](CO)[C@@H](O)[C@H](O)[C@H]2NC(C)=O)[C@H]1NC(C)=O. The van der Waals surface area contributed by atoms with Gasteiger partial charge in [0.2, 0.25) is 47.3 Å². The smallest absolute Gasteiger partial charge is 0.217 e. The summed E-state index contributed by atoms with van der Waals surface area (Å²) in [4.78, 5) is 104. The molecule has 0 bridgehead atoms. The average molecular weight is 1830 g/mol. The zero-order valence-corrected chi connectivity index (χ0v) is 69.8. The highest BCUT2D eigenvalue weighted by Crippen LogP contribution is 2.38. The van der Waals surface area contributed by atoms with Crippen LogP contribution in [-0.2, 0) is 105 Å². The third-order valence-corrected chi connectivity index (χ3v) is 21.6. The fourth-order valence-electron chi connectivity index (χ4n) is 15.2. The minimum Gasteiger partial charge on any atom is -0.394 e. The van der Waals surface area contributed by atoms with E-state index in [9.17, 15) is 130 Å². The maximum atomic E-state index is 13.6. The lowest BCUT2D eigenvalue weighted by molar-refractivity contribution is -0.348. The van der Waals surface area contributed by atoms with E-state index in [0.29, 0.717) is 0 Å². The van der Waals surface area contributed by atoms with Gasteiger partial charge in [0, 0.05) is 68.5 Å². The Hall–Kier alpha value is -6.40. The fourth-order valence-corrected chi connectivity index (χ4v) is 15.6. The molecule has 8 fully saturated rings. The van der Waals surface area contributed by atoms with Crippen LogP contribution in [-0.4, -0.2) is 460 Å². The monoisotopic (exact) mass is 1830 g/mol. The first-order valence-corrected chi connectivity index (χ1v) is 40.2. The van der Waals surface area contributed by atoms with E-state index in [4.69, 9.17) is 90.8 Å². The lowest BCUT2D eigenvalue weighted by Gasteiger charge is -2.52. The summed E-state index contributed by atoms with van der Waals surface area (Å²) in [6.45, 7) is 0.303. The van der Waals surface area contributed by atoms with Crippen molar-refractivity contribution in [3.8, 4) is 0 Å². The van der Waals surface area contributed by atoms with Crippen LogP contribution in [0.4, 0.5) is 0 Å². The second-order valence-electron chi connectivity index (χ2n) is 30.5. The van der Waals surface area contributed by atoms with E-state index < -0.39 is 345 Å². The summed E-state index contributed by atoms with van der Waals surface area (Å²) in [5.74, 6) is -6.58. The van der Waals surface area contributed by atoms with Crippen LogP contribution in [0.2, 0.25) is 0 Å². The Balaban J connectivity index is 1.12. The maximum absolute atomic E-state index is 13.6. The number of rotatable bonds is 34. The molecule has 8 aliphatic heterocycles. The van der Waals surface area contributed by atoms with Gasteiger partial charge in [0.1, 0.15) is 195 Å².